The highest BCUT2D eigenvalue weighted by atomic mass is 15.2. The standard InChI is InChI=1S/C13H20N2/c1-3-12-10-15(2)13(9-14-12)11-7-5-4-6-8-11/h4-8,12-14H,3,9-10H2,1-2H3. The van der Waals surface area contributed by atoms with Crippen LogP contribution in [0.5, 0.6) is 0 Å². The van der Waals surface area contributed by atoms with Gasteiger partial charge in [-0.1, -0.05) is 37.3 Å². The molecule has 0 aromatic heterocycles. The van der Waals surface area contributed by atoms with E-state index in [4.69, 9.17) is 0 Å². The minimum absolute atomic E-state index is 0.536. The first-order valence-corrected chi connectivity index (χ1v) is 5.80. The third-order valence-electron chi connectivity index (χ3n) is 3.32. The molecule has 2 atom stereocenters. The number of hydrogen-bond donors (Lipinski definition) is 1. The van der Waals surface area contributed by atoms with E-state index < -0.39 is 0 Å². The zero-order valence-electron chi connectivity index (χ0n) is 9.61. The smallest absolute Gasteiger partial charge is 0.0470 e. The van der Waals surface area contributed by atoms with Crippen LogP contribution >= 0.6 is 0 Å². The van der Waals surface area contributed by atoms with Crippen LogP contribution in [0, 0.1) is 0 Å². The van der Waals surface area contributed by atoms with Crippen molar-refractivity contribution in [1.29, 1.82) is 0 Å². The Morgan fingerprint density at radius 1 is 1.33 bits per heavy atom. The molecule has 15 heavy (non-hydrogen) atoms. The number of rotatable bonds is 2. The van der Waals surface area contributed by atoms with Crippen molar-refractivity contribution in [3.63, 3.8) is 0 Å². The summed E-state index contributed by atoms with van der Waals surface area (Å²) in [6, 6.07) is 12.0. The van der Waals surface area contributed by atoms with Gasteiger partial charge in [0.05, 0.1) is 0 Å². The SMILES string of the molecule is CCC1CN(C)C(c2ccccc2)CN1. The third kappa shape index (κ3) is 2.39. The Morgan fingerprint density at radius 3 is 2.67 bits per heavy atom. The van der Waals surface area contributed by atoms with Crippen LogP contribution in [0.25, 0.3) is 0 Å². The molecule has 1 aliphatic heterocycles. The Labute approximate surface area is 92.3 Å². The van der Waals surface area contributed by atoms with Crippen LogP contribution in [0.2, 0.25) is 0 Å². The fraction of sp³-hybridized carbons (Fsp3) is 0.538. The van der Waals surface area contributed by atoms with E-state index in [1.807, 2.05) is 0 Å². The second-order valence-corrected chi connectivity index (χ2v) is 4.38. The number of hydrogen-bond acceptors (Lipinski definition) is 2. The predicted octanol–water partition coefficient (Wildman–Crippen LogP) is 2.04. The molecular weight excluding hydrogens is 184 g/mol. The largest absolute Gasteiger partial charge is 0.311 e. The first kappa shape index (κ1) is 10.7. The number of likely N-dealkylation sites (N-methyl/N-ethyl adjacent to an activating group) is 1. The summed E-state index contributed by atoms with van der Waals surface area (Å²) in [6.45, 7) is 4.46. The van der Waals surface area contributed by atoms with E-state index in [9.17, 15) is 0 Å². The number of nitrogens with zero attached hydrogens (tertiary/aromatic N) is 1. The van der Waals surface area contributed by atoms with Crippen molar-refractivity contribution < 1.29 is 0 Å². The Kier molecular flexibility index (Phi) is 3.39. The quantitative estimate of drug-likeness (QED) is 0.793. The van der Waals surface area contributed by atoms with E-state index in [1.54, 1.807) is 0 Å². The molecule has 2 heteroatoms. The van der Waals surface area contributed by atoms with Gasteiger partial charge in [-0.15, -0.1) is 0 Å². The molecule has 0 amide bonds. The maximum Gasteiger partial charge on any atom is 0.0470 e. The first-order valence-electron chi connectivity index (χ1n) is 5.80. The molecule has 1 saturated heterocycles. The minimum atomic E-state index is 0.536. The molecule has 1 heterocycles. The van der Waals surface area contributed by atoms with E-state index in [0.29, 0.717) is 12.1 Å². The molecule has 1 N–H and O–H groups in total. The van der Waals surface area contributed by atoms with Gasteiger partial charge in [-0.3, -0.25) is 4.90 Å². The van der Waals surface area contributed by atoms with Crippen molar-refractivity contribution in [1.82, 2.24) is 10.2 Å². The van der Waals surface area contributed by atoms with Gasteiger partial charge in [0.15, 0.2) is 0 Å². The Morgan fingerprint density at radius 2 is 2.07 bits per heavy atom. The van der Waals surface area contributed by atoms with E-state index in [-0.39, 0.29) is 0 Å². The highest BCUT2D eigenvalue weighted by Gasteiger charge is 2.24. The summed E-state index contributed by atoms with van der Waals surface area (Å²) in [5.74, 6) is 0. The summed E-state index contributed by atoms with van der Waals surface area (Å²) in [5, 5.41) is 3.61. The van der Waals surface area contributed by atoms with Gasteiger partial charge in [0, 0.05) is 25.2 Å². The zero-order chi connectivity index (χ0) is 10.7. The van der Waals surface area contributed by atoms with E-state index in [0.717, 1.165) is 13.1 Å². The molecule has 1 fully saturated rings. The van der Waals surface area contributed by atoms with Crippen molar-refractivity contribution >= 4 is 0 Å². The lowest BCUT2D eigenvalue weighted by molar-refractivity contribution is 0.162. The second-order valence-electron chi connectivity index (χ2n) is 4.38. The molecule has 0 spiro atoms. The van der Waals surface area contributed by atoms with E-state index >= 15 is 0 Å². The van der Waals surface area contributed by atoms with Crippen molar-refractivity contribution in [3.05, 3.63) is 35.9 Å². The number of piperazine rings is 1. The molecular formula is C13H20N2. The van der Waals surface area contributed by atoms with Gasteiger partial charge in [0.2, 0.25) is 0 Å². The molecule has 0 aliphatic carbocycles. The fourth-order valence-electron chi connectivity index (χ4n) is 2.29. The van der Waals surface area contributed by atoms with Gasteiger partial charge < -0.3 is 5.32 Å². The van der Waals surface area contributed by atoms with E-state index in [1.165, 1.54) is 12.0 Å². The molecule has 1 aliphatic rings. The summed E-state index contributed by atoms with van der Waals surface area (Å²) in [4.78, 5) is 2.46. The highest BCUT2D eigenvalue weighted by Crippen LogP contribution is 2.22. The molecule has 82 valence electrons. The van der Waals surface area contributed by atoms with Gasteiger partial charge in [-0.2, -0.15) is 0 Å². The van der Waals surface area contributed by atoms with Gasteiger partial charge >= 0.3 is 0 Å². The average Bonchev–Trinajstić information content (AvgIpc) is 2.30. The maximum absolute atomic E-state index is 3.61. The Bertz CT molecular complexity index is 297. The summed E-state index contributed by atoms with van der Waals surface area (Å²) < 4.78 is 0. The number of benzene rings is 1. The first-order chi connectivity index (χ1) is 7.31. The molecule has 2 unspecified atom stereocenters. The molecule has 1 aromatic carbocycles. The van der Waals surface area contributed by atoms with Crippen molar-refractivity contribution in [2.75, 3.05) is 20.1 Å². The molecule has 1 aromatic rings. The average molecular weight is 204 g/mol. The zero-order valence-corrected chi connectivity index (χ0v) is 9.61. The lowest BCUT2D eigenvalue weighted by Gasteiger charge is -2.38. The molecule has 2 rings (SSSR count). The van der Waals surface area contributed by atoms with Crippen LogP contribution in [0.1, 0.15) is 24.9 Å². The maximum atomic E-state index is 3.61. The molecule has 0 radical (unpaired) electrons. The Hall–Kier alpha value is -0.860. The van der Waals surface area contributed by atoms with Gasteiger partial charge in [-0.25, -0.2) is 0 Å². The summed E-state index contributed by atoms with van der Waals surface area (Å²) in [7, 11) is 2.22. The third-order valence-corrected chi connectivity index (χ3v) is 3.32. The summed E-state index contributed by atoms with van der Waals surface area (Å²) >= 11 is 0. The predicted molar refractivity (Wildman–Crippen MR) is 63.9 cm³/mol. The fourth-order valence-corrected chi connectivity index (χ4v) is 2.29. The summed E-state index contributed by atoms with van der Waals surface area (Å²) in [6.07, 6.45) is 1.21. The van der Waals surface area contributed by atoms with Crippen molar-refractivity contribution in [2.24, 2.45) is 0 Å². The van der Waals surface area contributed by atoms with Gasteiger partial charge in [0.25, 0.3) is 0 Å². The van der Waals surface area contributed by atoms with Crippen LogP contribution in [-0.4, -0.2) is 31.1 Å². The van der Waals surface area contributed by atoms with Crippen LogP contribution in [0.4, 0.5) is 0 Å². The van der Waals surface area contributed by atoms with Gasteiger partial charge in [-0.05, 0) is 19.0 Å². The van der Waals surface area contributed by atoms with E-state index in [2.05, 4.69) is 54.5 Å². The number of nitrogens with one attached hydrogen (secondary N) is 1. The summed E-state index contributed by atoms with van der Waals surface area (Å²) in [5.41, 5.74) is 1.42. The minimum Gasteiger partial charge on any atom is -0.311 e. The lowest BCUT2D eigenvalue weighted by Crippen LogP contribution is -2.50. The monoisotopic (exact) mass is 204 g/mol. The molecule has 2 nitrogen and oxygen atoms in total. The van der Waals surface area contributed by atoms with Gasteiger partial charge in [0.1, 0.15) is 0 Å². The molecule has 0 bridgehead atoms. The normalized spacial score (nSPS) is 27.9. The van der Waals surface area contributed by atoms with Crippen LogP contribution in [0.15, 0.2) is 30.3 Å². The highest BCUT2D eigenvalue weighted by molar-refractivity contribution is 5.20. The van der Waals surface area contributed by atoms with Crippen LogP contribution in [0.3, 0.4) is 0 Å². The van der Waals surface area contributed by atoms with Crippen LogP contribution in [-0.2, 0) is 0 Å². The topological polar surface area (TPSA) is 15.3 Å². The van der Waals surface area contributed by atoms with Crippen molar-refractivity contribution in [2.45, 2.75) is 25.4 Å². The second kappa shape index (κ2) is 4.77. The van der Waals surface area contributed by atoms with Crippen molar-refractivity contribution in [3.8, 4) is 0 Å². The van der Waals surface area contributed by atoms with Crippen LogP contribution < -0.4 is 5.32 Å². The molecule has 0 saturated carbocycles. The Balaban J connectivity index is 2.06. The lowest BCUT2D eigenvalue weighted by atomic mass is 10.0.